The van der Waals surface area contributed by atoms with E-state index >= 15 is 0 Å². The van der Waals surface area contributed by atoms with Gasteiger partial charge in [-0.15, -0.1) is 10.2 Å². The number of halogens is 1. The third kappa shape index (κ3) is 2.42. The minimum absolute atomic E-state index is 0.285. The van der Waals surface area contributed by atoms with E-state index in [0.29, 0.717) is 10.4 Å². The van der Waals surface area contributed by atoms with Crippen molar-refractivity contribution in [2.45, 2.75) is 13.0 Å². The summed E-state index contributed by atoms with van der Waals surface area (Å²) in [5, 5.41) is 17.7. The lowest BCUT2D eigenvalue weighted by Gasteiger charge is -2.12. The van der Waals surface area contributed by atoms with Crippen LogP contribution in [0.3, 0.4) is 0 Å². The van der Waals surface area contributed by atoms with Crippen LogP contribution >= 0.6 is 22.9 Å². The van der Waals surface area contributed by atoms with Gasteiger partial charge in [0.25, 0.3) is 0 Å². The van der Waals surface area contributed by atoms with Gasteiger partial charge in [-0.25, -0.2) is 0 Å². The van der Waals surface area contributed by atoms with Gasteiger partial charge >= 0.3 is 0 Å². The zero-order valence-corrected chi connectivity index (χ0v) is 9.26. The first kappa shape index (κ1) is 10.3. The molecule has 0 bridgehead atoms. The van der Waals surface area contributed by atoms with Crippen LogP contribution in [0.4, 0.5) is 0 Å². The van der Waals surface area contributed by atoms with Crippen LogP contribution in [-0.4, -0.2) is 39.9 Å². The van der Waals surface area contributed by atoms with Gasteiger partial charge in [0.15, 0.2) is 0 Å². The van der Waals surface area contributed by atoms with E-state index < -0.39 is 0 Å². The molecule has 0 aliphatic carbocycles. The number of hydrogen-bond acceptors (Lipinski definition) is 5. The van der Waals surface area contributed by atoms with E-state index in [1.165, 1.54) is 11.3 Å². The Kier molecular flexibility index (Phi) is 3.33. The van der Waals surface area contributed by atoms with Crippen LogP contribution in [0.1, 0.15) is 11.4 Å². The number of rotatable bonds is 3. The third-order valence-corrected chi connectivity index (χ3v) is 3.43. The summed E-state index contributed by atoms with van der Waals surface area (Å²) in [6.07, 6.45) is 1.07. The summed E-state index contributed by atoms with van der Waals surface area (Å²) in [7, 11) is 0. The quantitative estimate of drug-likeness (QED) is 0.847. The molecule has 0 amide bonds. The predicted molar refractivity (Wildman–Crippen MR) is 55.4 cm³/mol. The first-order valence-corrected chi connectivity index (χ1v) is 5.78. The average molecular weight is 234 g/mol. The Bertz CT molecular complexity index is 307. The van der Waals surface area contributed by atoms with Gasteiger partial charge in [0.05, 0.1) is 6.54 Å². The molecule has 0 saturated carbocycles. The lowest BCUT2D eigenvalue weighted by Crippen LogP contribution is -2.20. The molecule has 2 heterocycles. The Labute approximate surface area is 91.5 Å². The molecular formula is C8H12ClN3OS. The van der Waals surface area contributed by atoms with Crippen LogP contribution in [0, 0.1) is 5.92 Å². The molecule has 0 radical (unpaired) electrons. The number of aromatic nitrogens is 2. The lowest BCUT2D eigenvalue weighted by atomic mass is 10.1. The average Bonchev–Trinajstić information content (AvgIpc) is 2.76. The molecule has 1 atom stereocenters. The van der Waals surface area contributed by atoms with Gasteiger partial charge < -0.3 is 5.11 Å². The predicted octanol–water partition coefficient (Wildman–Crippen LogP) is 1.01. The molecular weight excluding hydrogens is 222 g/mol. The van der Waals surface area contributed by atoms with Gasteiger partial charge in [0.2, 0.25) is 4.47 Å². The van der Waals surface area contributed by atoms with Crippen molar-refractivity contribution in [1.82, 2.24) is 15.1 Å². The van der Waals surface area contributed by atoms with Crippen LogP contribution in [0.15, 0.2) is 0 Å². The van der Waals surface area contributed by atoms with Crippen molar-refractivity contribution < 1.29 is 5.11 Å². The minimum Gasteiger partial charge on any atom is -0.396 e. The molecule has 1 aromatic rings. The Morgan fingerprint density at radius 2 is 2.43 bits per heavy atom. The van der Waals surface area contributed by atoms with E-state index in [2.05, 4.69) is 15.1 Å². The molecule has 1 aliphatic rings. The second-order valence-corrected chi connectivity index (χ2v) is 5.17. The fourth-order valence-electron chi connectivity index (χ4n) is 1.69. The maximum atomic E-state index is 8.98. The molecule has 1 fully saturated rings. The van der Waals surface area contributed by atoms with Crippen molar-refractivity contribution >= 4 is 22.9 Å². The van der Waals surface area contributed by atoms with Crippen LogP contribution < -0.4 is 0 Å². The van der Waals surface area contributed by atoms with Crippen molar-refractivity contribution in [2.75, 3.05) is 19.7 Å². The number of likely N-dealkylation sites (tertiary alicyclic amines) is 1. The zero-order valence-electron chi connectivity index (χ0n) is 7.69. The summed E-state index contributed by atoms with van der Waals surface area (Å²) in [5.74, 6) is 0.429. The topological polar surface area (TPSA) is 49.2 Å². The molecule has 4 nitrogen and oxygen atoms in total. The van der Waals surface area contributed by atoms with E-state index in [1.807, 2.05) is 0 Å². The molecule has 6 heteroatoms. The highest BCUT2D eigenvalue weighted by Gasteiger charge is 2.22. The van der Waals surface area contributed by atoms with Crippen LogP contribution in [-0.2, 0) is 6.54 Å². The van der Waals surface area contributed by atoms with Gasteiger partial charge in [0.1, 0.15) is 5.01 Å². The summed E-state index contributed by atoms with van der Waals surface area (Å²) < 4.78 is 0.498. The first-order chi connectivity index (χ1) is 6.78. The van der Waals surface area contributed by atoms with Crippen LogP contribution in [0.5, 0.6) is 0 Å². The van der Waals surface area contributed by atoms with Crippen molar-refractivity contribution in [3.05, 3.63) is 9.47 Å². The molecule has 1 unspecified atom stereocenters. The minimum atomic E-state index is 0.285. The zero-order chi connectivity index (χ0) is 9.97. The smallest absolute Gasteiger partial charge is 0.207 e. The Morgan fingerprint density at radius 1 is 1.57 bits per heavy atom. The maximum absolute atomic E-state index is 8.98. The normalized spacial score (nSPS) is 23.1. The van der Waals surface area contributed by atoms with Crippen LogP contribution in [0.2, 0.25) is 4.47 Å². The second-order valence-electron chi connectivity index (χ2n) is 3.52. The van der Waals surface area contributed by atoms with Crippen molar-refractivity contribution in [3.8, 4) is 0 Å². The molecule has 1 saturated heterocycles. The molecule has 14 heavy (non-hydrogen) atoms. The highest BCUT2D eigenvalue weighted by Crippen LogP contribution is 2.21. The molecule has 0 aromatic carbocycles. The largest absolute Gasteiger partial charge is 0.396 e. The summed E-state index contributed by atoms with van der Waals surface area (Å²) in [5.41, 5.74) is 0. The molecule has 78 valence electrons. The standard InChI is InChI=1S/C8H12ClN3OS/c9-8-11-10-7(14-8)4-12-2-1-6(3-12)5-13/h6,13H,1-5H2. The maximum Gasteiger partial charge on any atom is 0.207 e. The van der Waals surface area contributed by atoms with Gasteiger partial charge in [-0.2, -0.15) is 0 Å². The van der Waals surface area contributed by atoms with Gasteiger partial charge in [-0.3, -0.25) is 4.90 Å². The molecule has 0 spiro atoms. The van der Waals surface area contributed by atoms with E-state index in [-0.39, 0.29) is 6.61 Å². The Morgan fingerprint density at radius 3 is 3.00 bits per heavy atom. The Balaban J connectivity index is 1.87. The van der Waals surface area contributed by atoms with Crippen molar-refractivity contribution in [1.29, 1.82) is 0 Å². The summed E-state index contributed by atoms with van der Waals surface area (Å²) in [4.78, 5) is 2.28. The lowest BCUT2D eigenvalue weighted by molar-refractivity contribution is 0.220. The van der Waals surface area contributed by atoms with E-state index in [4.69, 9.17) is 16.7 Å². The summed E-state index contributed by atoms with van der Waals surface area (Å²) >= 11 is 7.11. The van der Waals surface area contributed by atoms with E-state index in [0.717, 1.165) is 31.1 Å². The molecule has 1 aromatic heterocycles. The van der Waals surface area contributed by atoms with E-state index in [9.17, 15) is 0 Å². The second kappa shape index (κ2) is 4.53. The van der Waals surface area contributed by atoms with Gasteiger partial charge in [-0.1, -0.05) is 11.3 Å². The summed E-state index contributed by atoms with van der Waals surface area (Å²) in [6, 6.07) is 0. The monoisotopic (exact) mass is 233 g/mol. The van der Waals surface area contributed by atoms with Crippen LogP contribution in [0.25, 0.3) is 0 Å². The highest BCUT2D eigenvalue weighted by atomic mass is 35.5. The third-order valence-electron chi connectivity index (χ3n) is 2.43. The van der Waals surface area contributed by atoms with Crippen molar-refractivity contribution in [2.24, 2.45) is 5.92 Å². The first-order valence-electron chi connectivity index (χ1n) is 4.59. The molecule has 1 N–H and O–H groups in total. The number of nitrogens with zero attached hydrogens (tertiary/aromatic N) is 3. The van der Waals surface area contributed by atoms with Gasteiger partial charge in [0, 0.05) is 13.2 Å². The van der Waals surface area contributed by atoms with E-state index in [1.54, 1.807) is 0 Å². The summed E-state index contributed by atoms with van der Waals surface area (Å²) in [6.45, 7) is 3.07. The molecule has 1 aliphatic heterocycles. The molecule has 2 rings (SSSR count). The Hall–Kier alpha value is -0.230. The fourth-order valence-corrected chi connectivity index (χ4v) is 2.60. The van der Waals surface area contributed by atoms with Gasteiger partial charge in [-0.05, 0) is 30.5 Å². The highest BCUT2D eigenvalue weighted by molar-refractivity contribution is 7.15. The number of hydrogen-bond donors (Lipinski definition) is 1. The number of aliphatic hydroxyl groups excluding tert-OH is 1. The SMILES string of the molecule is OCC1CCN(Cc2nnc(Cl)s2)C1. The van der Waals surface area contributed by atoms with Crippen molar-refractivity contribution in [3.63, 3.8) is 0 Å². The fraction of sp³-hybridized carbons (Fsp3) is 0.750. The number of aliphatic hydroxyl groups is 1.